The molecule has 3 aromatic rings. The number of hydrogen-bond donors (Lipinski definition) is 1. The molecular formula is C20H19NO2S. The van der Waals surface area contributed by atoms with Gasteiger partial charge in [0.05, 0.1) is 7.11 Å². The Morgan fingerprint density at radius 2 is 1.67 bits per heavy atom. The highest BCUT2D eigenvalue weighted by atomic mass is 32.1. The van der Waals surface area contributed by atoms with E-state index in [2.05, 4.69) is 51.8 Å². The Balaban J connectivity index is 1.60. The van der Waals surface area contributed by atoms with Gasteiger partial charge in [-0.1, -0.05) is 30.3 Å². The maximum Gasteiger partial charge on any atom is 0.305 e. The minimum atomic E-state index is -0.178. The lowest BCUT2D eigenvalue weighted by Gasteiger charge is -2.08. The summed E-state index contributed by atoms with van der Waals surface area (Å²) < 4.78 is 4.66. The van der Waals surface area contributed by atoms with E-state index in [9.17, 15) is 4.79 Å². The van der Waals surface area contributed by atoms with E-state index in [1.165, 1.54) is 17.6 Å². The van der Waals surface area contributed by atoms with Crippen LogP contribution in [-0.2, 0) is 16.0 Å². The van der Waals surface area contributed by atoms with Crippen LogP contribution in [0.15, 0.2) is 66.0 Å². The van der Waals surface area contributed by atoms with Crippen molar-refractivity contribution in [2.24, 2.45) is 0 Å². The van der Waals surface area contributed by atoms with Gasteiger partial charge in [-0.2, -0.15) is 0 Å². The molecule has 0 radical (unpaired) electrons. The average molecular weight is 337 g/mol. The van der Waals surface area contributed by atoms with Crippen molar-refractivity contribution in [3.63, 3.8) is 0 Å². The lowest BCUT2D eigenvalue weighted by Crippen LogP contribution is -2.01. The van der Waals surface area contributed by atoms with Crippen LogP contribution in [0.4, 0.5) is 11.4 Å². The van der Waals surface area contributed by atoms with Gasteiger partial charge in [0, 0.05) is 22.7 Å². The smallest absolute Gasteiger partial charge is 0.305 e. The molecule has 3 rings (SSSR count). The van der Waals surface area contributed by atoms with Crippen molar-refractivity contribution in [1.29, 1.82) is 0 Å². The van der Waals surface area contributed by atoms with Gasteiger partial charge >= 0.3 is 5.97 Å². The molecule has 4 heteroatoms. The molecule has 3 nitrogen and oxygen atoms in total. The summed E-state index contributed by atoms with van der Waals surface area (Å²) in [6.07, 6.45) is 1.11. The van der Waals surface area contributed by atoms with E-state index < -0.39 is 0 Å². The molecule has 0 unspecified atom stereocenters. The standard InChI is InChI=1S/C20H19NO2S/c1-23-20(22)13-6-15-4-9-17(10-5-15)21-18-11-7-16(8-12-18)19-3-2-14-24-19/h2-5,7-12,14,21H,6,13H2,1H3. The second kappa shape index (κ2) is 7.79. The fourth-order valence-electron chi connectivity index (χ4n) is 2.43. The van der Waals surface area contributed by atoms with E-state index >= 15 is 0 Å². The second-order valence-corrected chi connectivity index (χ2v) is 6.40. The molecular weight excluding hydrogens is 318 g/mol. The third-order valence-corrected chi connectivity index (χ3v) is 4.70. The lowest BCUT2D eigenvalue weighted by atomic mass is 10.1. The summed E-state index contributed by atoms with van der Waals surface area (Å²) in [5.74, 6) is -0.178. The molecule has 24 heavy (non-hydrogen) atoms. The SMILES string of the molecule is COC(=O)CCc1ccc(Nc2ccc(-c3cccs3)cc2)cc1. The second-order valence-electron chi connectivity index (χ2n) is 5.45. The topological polar surface area (TPSA) is 38.3 Å². The van der Waals surface area contributed by atoms with Crippen LogP contribution in [-0.4, -0.2) is 13.1 Å². The number of aryl methyl sites for hydroxylation is 1. The minimum Gasteiger partial charge on any atom is -0.469 e. The Bertz CT molecular complexity index is 778. The molecule has 122 valence electrons. The van der Waals surface area contributed by atoms with E-state index in [-0.39, 0.29) is 5.97 Å². The van der Waals surface area contributed by atoms with Crippen LogP contribution >= 0.6 is 11.3 Å². The van der Waals surface area contributed by atoms with Crippen molar-refractivity contribution < 1.29 is 9.53 Å². The van der Waals surface area contributed by atoms with Crippen LogP contribution in [0.25, 0.3) is 10.4 Å². The number of anilines is 2. The molecule has 0 bridgehead atoms. The van der Waals surface area contributed by atoms with E-state index in [1.807, 2.05) is 24.3 Å². The molecule has 2 aromatic carbocycles. The Morgan fingerprint density at radius 3 is 2.25 bits per heavy atom. The fourth-order valence-corrected chi connectivity index (χ4v) is 3.16. The van der Waals surface area contributed by atoms with Crippen LogP contribution < -0.4 is 5.32 Å². The molecule has 0 saturated carbocycles. The number of esters is 1. The van der Waals surface area contributed by atoms with Crippen LogP contribution in [0.5, 0.6) is 0 Å². The van der Waals surface area contributed by atoms with E-state index in [1.54, 1.807) is 11.3 Å². The van der Waals surface area contributed by atoms with Gasteiger partial charge in [0.1, 0.15) is 0 Å². The van der Waals surface area contributed by atoms with Crippen molar-refractivity contribution in [2.45, 2.75) is 12.8 Å². The molecule has 0 atom stereocenters. The zero-order valence-electron chi connectivity index (χ0n) is 13.5. The van der Waals surface area contributed by atoms with Crippen molar-refractivity contribution >= 4 is 28.7 Å². The molecule has 0 saturated heterocycles. The number of hydrogen-bond acceptors (Lipinski definition) is 4. The molecule has 0 aliphatic carbocycles. The lowest BCUT2D eigenvalue weighted by molar-refractivity contribution is -0.140. The minimum absolute atomic E-state index is 0.178. The van der Waals surface area contributed by atoms with Gasteiger partial charge in [0.25, 0.3) is 0 Å². The summed E-state index contributed by atoms with van der Waals surface area (Å²) in [6.45, 7) is 0. The maximum absolute atomic E-state index is 11.2. The number of benzene rings is 2. The first-order chi connectivity index (χ1) is 11.7. The summed E-state index contributed by atoms with van der Waals surface area (Å²) in [5, 5.41) is 5.48. The van der Waals surface area contributed by atoms with Crippen LogP contribution in [0.3, 0.4) is 0 Å². The zero-order valence-corrected chi connectivity index (χ0v) is 14.3. The van der Waals surface area contributed by atoms with Crippen molar-refractivity contribution in [2.75, 3.05) is 12.4 Å². The summed E-state index contributed by atoms with van der Waals surface area (Å²) in [4.78, 5) is 12.4. The molecule has 0 aliphatic rings. The van der Waals surface area contributed by atoms with Crippen LogP contribution in [0, 0.1) is 0 Å². The average Bonchev–Trinajstić information content (AvgIpc) is 3.16. The Kier molecular flexibility index (Phi) is 5.29. The Labute approximate surface area is 145 Å². The van der Waals surface area contributed by atoms with Gasteiger partial charge in [0.2, 0.25) is 0 Å². The highest BCUT2D eigenvalue weighted by Crippen LogP contribution is 2.26. The van der Waals surface area contributed by atoms with Gasteiger partial charge < -0.3 is 10.1 Å². The zero-order chi connectivity index (χ0) is 16.8. The van der Waals surface area contributed by atoms with Crippen molar-refractivity contribution in [1.82, 2.24) is 0 Å². The summed E-state index contributed by atoms with van der Waals surface area (Å²) >= 11 is 1.74. The van der Waals surface area contributed by atoms with E-state index in [0.29, 0.717) is 12.8 Å². The highest BCUT2D eigenvalue weighted by Gasteiger charge is 2.02. The number of methoxy groups -OCH3 is 1. The summed E-state index contributed by atoms with van der Waals surface area (Å²) in [7, 11) is 1.42. The first-order valence-corrected chi connectivity index (χ1v) is 8.69. The molecule has 1 heterocycles. The number of carbonyl (C=O) groups is 1. The number of ether oxygens (including phenoxy) is 1. The fraction of sp³-hybridized carbons (Fsp3) is 0.150. The third kappa shape index (κ3) is 4.24. The number of rotatable bonds is 6. The monoisotopic (exact) mass is 337 g/mol. The van der Waals surface area contributed by atoms with Gasteiger partial charge in [0.15, 0.2) is 0 Å². The molecule has 1 N–H and O–H groups in total. The Hall–Kier alpha value is -2.59. The quantitative estimate of drug-likeness (QED) is 0.623. The van der Waals surface area contributed by atoms with Crippen molar-refractivity contribution in [3.05, 3.63) is 71.6 Å². The van der Waals surface area contributed by atoms with Gasteiger partial charge in [-0.15, -0.1) is 11.3 Å². The normalized spacial score (nSPS) is 10.4. The third-order valence-electron chi connectivity index (χ3n) is 3.78. The maximum atomic E-state index is 11.2. The van der Waals surface area contributed by atoms with Gasteiger partial charge in [-0.25, -0.2) is 0 Å². The summed E-state index contributed by atoms with van der Waals surface area (Å²) in [6, 6.07) is 20.7. The number of nitrogens with one attached hydrogen (secondary N) is 1. The number of thiophene rings is 1. The highest BCUT2D eigenvalue weighted by molar-refractivity contribution is 7.13. The number of carbonyl (C=O) groups excluding carboxylic acids is 1. The van der Waals surface area contributed by atoms with E-state index in [0.717, 1.165) is 16.9 Å². The Morgan fingerprint density at radius 1 is 1.00 bits per heavy atom. The largest absolute Gasteiger partial charge is 0.469 e. The molecule has 1 aromatic heterocycles. The molecule has 0 aliphatic heterocycles. The first-order valence-electron chi connectivity index (χ1n) is 7.81. The summed E-state index contributed by atoms with van der Waals surface area (Å²) in [5.41, 5.74) is 4.44. The molecule has 0 amide bonds. The van der Waals surface area contributed by atoms with Crippen LogP contribution in [0.2, 0.25) is 0 Å². The molecule has 0 spiro atoms. The molecule has 0 fully saturated rings. The van der Waals surface area contributed by atoms with Gasteiger partial charge in [-0.05, 0) is 53.3 Å². The predicted molar refractivity (Wildman–Crippen MR) is 99.8 cm³/mol. The predicted octanol–water partition coefficient (Wildman–Crippen LogP) is 5.26. The van der Waals surface area contributed by atoms with Gasteiger partial charge in [-0.3, -0.25) is 4.79 Å². The van der Waals surface area contributed by atoms with Crippen molar-refractivity contribution in [3.8, 4) is 10.4 Å². The first kappa shape index (κ1) is 16.3. The van der Waals surface area contributed by atoms with Crippen LogP contribution in [0.1, 0.15) is 12.0 Å². The van der Waals surface area contributed by atoms with E-state index in [4.69, 9.17) is 0 Å².